The highest BCUT2D eigenvalue weighted by atomic mass is 32.1. The Hall–Kier alpha value is -2.31. The van der Waals surface area contributed by atoms with Crippen molar-refractivity contribution < 1.29 is 4.39 Å². The van der Waals surface area contributed by atoms with E-state index in [0.29, 0.717) is 5.11 Å². The first kappa shape index (κ1) is 15.2. The van der Waals surface area contributed by atoms with Gasteiger partial charge in [0.1, 0.15) is 5.82 Å². The molecule has 6 heteroatoms. The van der Waals surface area contributed by atoms with Crippen molar-refractivity contribution in [2.24, 2.45) is 0 Å². The van der Waals surface area contributed by atoms with Crippen LogP contribution in [0.15, 0.2) is 66.2 Å². The molecule has 1 fully saturated rings. The fraction of sp³-hybridized carbons (Fsp3) is 0.111. The molecule has 1 N–H and O–H groups in total. The summed E-state index contributed by atoms with van der Waals surface area (Å²) in [6, 6.07) is 16.3. The third kappa shape index (κ3) is 2.68. The Bertz CT molecular complexity index is 834. The summed E-state index contributed by atoms with van der Waals surface area (Å²) in [6.07, 6.45) is 1.78. The van der Waals surface area contributed by atoms with Crippen LogP contribution in [0.4, 0.5) is 10.1 Å². The summed E-state index contributed by atoms with van der Waals surface area (Å²) >= 11 is 7.26. The van der Waals surface area contributed by atoms with Gasteiger partial charge in [0.05, 0.1) is 17.8 Å². The van der Waals surface area contributed by atoms with Crippen LogP contribution in [0, 0.1) is 5.82 Å². The van der Waals surface area contributed by atoms with Gasteiger partial charge in [0.2, 0.25) is 0 Å². The summed E-state index contributed by atoms with van der Waals surface area (Å²) in [5, 5.41) is 6.05. The molecule has 2 aromatic heterocycles. The maximum absolute atomic E-state index is 13.3. The van der Waals surface area contributed by atoms with Crippen molar-refractivity contribution in [1.82, 2.24) is 10.3 Å². The fourth-order valence-corrected chi connectivity index (χ4v) is 4.18. The molecule has 1 aromatic carbocycles. The summed E-state index contributed by atoms with van der Waals surface area (Å²) in [5.74, 6) is -0.259. The van der Waals surface area contributed by atoms with Crippen molar-refractivity contribution in [1.29, 1.82) is 0 Å². The molecule has 3 nitrogen and oxygen atoms in total. The molecular formula is C18H14FN3S2. The van der Waals surface area contributed by atoms with E-state index in [1.165, 1.54) is 17.0 Å². The first-order valence-corrected chi connectivity index (χ1v) is 8.82. The summed E-state index contributed by atoms with van der Waals surface area (Å²) in [7, 11) is 0. The number of rotatable bonds is 3. The van der Waals surface area contributed by atoms with Gasteiger partial charge >= 0.3 is 0 Å². The van der Waals surface area contributed by atoms with Crippen molar-refractivity contribution in [3.05, 3.63) is 82.6 Å². The van der Waals surface area contributed by atoms with Crippen LogP contribution in [-0.2, 0) is 0 Å². The molecule has 0 spiro atoms. The largest absolute Gasteiger partial charge is 0.351 e. The van der Waals surface area contributed by atoms with E-state index in [1.54, 1.807) is 29.7 Å². The minimum Gasteiger partial charge on any atom is -0.351 e. The number of hydrogen-bond acceptors (Lipinski definition) is 3. The Morgan fingerprint density at radius 2 is 1.92 bits per heavy atom. The van der Waals surface area contributed by atoms with Gasteiger partial charge in [-0.25, -0.2) is 4.39 Å². The average molecular weight is 355 g/mol. The number of thiocarbonyl (C=S) groups is 1. The summed E-state index contributed by atoms with van der Waals surface area (Å²) in [6.45, 7) is 0. The molecule has 4 rings (SSSR count). The van der Waals surface area contributed by atoms with Gasteiger partial charge in [0.15, 0.2) is 5.11 Å². The molecule has 1 saturated heterocycles. The fourth-order valence-electron chi connectivity index (χ4n) is 2.98. The molecule has 0 bridgehead atoms. The summed E-state index contributed by atoms with van der Waals surface area (Å²) < 4.78 is 13.3. The number of nitrogens with one attached hydrogen (secondary N) is 1. The summed E-state index contributed by atoms with van der Waals surface area (Å²) in [4.78, 5) is 7.72. The zero-order chi connectivity index (χ0) is 16.5. The third-order valence-corrected chi connectivity index (χ3v) is 5.30. The van der Waals surface area contributed by atoms with Crippen LogP contribution in [0.5, 0.6) is 0 Å². The van der Waals surface area contributed by atoms with Gasteiger partial charge in [0, 0.05) is 16.8 Å². The number of benzene rings is 1. The number of nitrogens with zero attached hydrogens (tertiary/aromatic N) is 2. The molecule has 0 radical (unpaired) electrons. The first-order valence-electron chi connectivity index (χ1n) is 7.53. The van der Waals surface area contributed by atoms with E-state index in [0.717, 1.165) is 11.4 Å². The molecular weight excluding hydrogens is 341 g/mol. The van der Waals surface area contributed by atoms with Gasteiger partial charge in [0.25, 0.3) is 0 Å². The monoisotopic (exact) mass is 355 g/mol. The van der Waals surface area contributed by atoms with E-state index >= 15 is 0 Å². The Morgan fingerprint density at radius 1 is 1.08 bits per heavy atom. The predicted molar refractivity (Wildman–Crippen MR) is 98.7 cm³/mol. The molecule has 0 aliphatic carbocycles. The van der Waals surface area contributed by atoms with Crippen LogP contribution < -0.4 is 10.2 Å². The van der Waals surface area contributed by atoms with E-state index in [-0.39, 0.29) is 17.9 Å². The van der Waals surface area contributed by atoms with E-state index in [4.69, 9.17) is 12.2 Å². The van der Waals surface area contributed by atoms with Gasteiger partial charge in [-0.2, -0.15) is 0 Å². The molecule has 24 heavy (non-hydrogen) atoms. The predicted octanol–water partition coefficient (Wildman–Crippen LogP) is 4.46. The molecule has 2 unspecified atom stereocenters. The van der Waals surface area contributed by atoms with E-state index in [9.17, 15) is 4.39 Å². The normalized spacial score (nSPS) is 20.2. The molecule has 3 aromatic rings. The SMILES string of the molecule is Fc1ccc(N2C(=S)NC(c3ccccn3)C2c2cccs2)cc1. The molecule has 0 amide bonds. The maximum atomic E-state index is 13.3. The van der Waals surface area contributed by atoms with Crippen LogP contribution in [0.25, 0.3) is 0 Å². The van der Waals surface area contributed by atoms with E-state index in [2.05, 4.69) is 21.7 Å². The first-order chi connectivity index (χ1) is 11.7. The molecule has 120 valence electrons. The number of thiophene rings is 1. The number of aromatic nitrogens is 1. The Labute approximate surface area is 148 Å². The standard InChI is InChI=1S/C18H14FN3S2/c19-12-6-8-13(9-7-12)22-17(15-5-3-11-24-15)16(21-18(22)23)14-4-1-2-10-20-14/h1-11,16-17H,(H,21,23). The lowest BCUT2D eigenvalue weighted by Gasteiger charge is -2.26. The molecule has 1 aliphatic rings. The molecule has 1 aliphatic heterocycles. The van der Waals surface area contributed by atoms with Crippen LogP contribution in [0.1, 0.15) is 22.7 Å². The topological polar surface area (TPSA) is 28.2 Å². The Kier molecular flexibility index (Phi) is 4.00. The van der Waals surface area contributed by atoms with Gasteiger partial charge < -0.3 is 10.2 Å². The lowest BCUT2D eigenvalue weighted by atomic mass is 10.0. The minimum atomic E-state index is -0.259. The van der Waals surface area contributed by atoms with Crippen molar-refractivity contribution in [2.45, 2.75) is 12.1 Å². The van der Waals surface area contributed by atoms with E-state index < -0.39 is 0 Å². The van der Waals surface area contributed by atoms with Gasteiger partial charge in [-0.15, -0.1) is 11.3 Å². The quantitative estimate of drug-likeness (QED) is 0.702. The zero-order valence-corrected chi connectivity index (χ0v) is 14.2. The Balaban J connectivity index is 1.80. The van der Waals surface area contributed by atoms with E-state index in [1.807, 2.05) is 29.2 Å². The molecule has 3 heterocycles. The van der Waals surface area contributed by atoms with Gasteiger partial charge in [-0.05, 0) is 60.1 Å². The van der Waals surface area contributed by atoms with Crippen LogP contribution in [0.2, 0.25) is 0 Å². The van der Waals surface area contributed by atoms with Crippen molar-refractivity contribution >= 4 is 34.4 Å². The Morgan fingerprint density at radius 3 is 2.58 bits per heavy atom. The number of halogens is 1. The van der Waals surface area contributed by atoms with Crippen LogP contribution in [0.3, 0.4) is 0 Å². The van der Waals surface area contributed by atoms with Gasteiger partial charge in [-0.1, -0.05) is 12.1 Å². The highest BCUT2D eigenvalue weighted by Crippen LogP contribution is 2.42. The minimum absolute atomic E-state index is 0.0159. The van der Waals surface area contributed by atoms with Crippen LogP contribution >= 0.6 is 23.6 Å². The second-order valence-corrected chi connectivity index (χ2v) is 6.85. The van der Waals surface area contributed by atoms with Crippen molar-refractivity contribution in [3.8, 4) is 0 Å². The van der Waals surface area contributed by atoms with Crippen molar-refractivity contribution in [2.75, 3.05) is 4.90 Å². The summed E-state index contributed by atoms with van der Waals surface area (Å²) in [5.41, 5.74) is 1.80. The van der Waals surface area contributed by atoms with Gasteiger partial charge in [-0.3, -0.25) is 4.98 Å². The third-order valence-electron chi connectivity index (χ3n) is 4.04. The lowest BCUT2D eigenvalue weighted by Crippen LogP contribution is -2.29. The second kappa shape index (κ2) is 6.30. The van der Waals surface area contributed by atoms with Crippen LogP contribution in [-0.4, -0.2) is 10.1 Å². The molecule has 2 atom stereocenters. The average Bonchev–Trinajstić information content (AvgIpc) is 3.24. The smallest absolute Gasteiger partial charge is 0.174 e. The maximum Gasteiger partial charge on any atom is 0.174 e. The lowest BCUT2D eigenvalue weighted by molar-refractivity contribution is 0.575. The second-order valence-electron chi connectivity index (χ2n) is 5.49. The zero-order valence-electron chi connectivity index (χ0n) is 12.6. The molecule has 0 saturated carbocycles. The number of hydrogen-bond donors (Lipinski definition) is 1. The number of anilines is 1. The number of pyridine rings is 1. The highest BCUT2D eigenvalue weighted by Gasteiger charge is 2.41. The van der Waals surface area contributed by atoms with Crippen molar-refractivity contribution in [3.63, 3.8) is 0 Å². The highest BCUT2D eigenvalue weighted by molar-refractivity contribution is 7.80.